The molecular weight excluding hydrogens is 299 g/mol. The number of aliphatic hydroxyl groups excluding tert-OH is 1. The van der Waals surface area contributed by atoms with E-state index in [1.165, 1.54) is 30.5 Å². The lowest BCUT2D eigenvalue weighted by molar-refractivity contribution is 0.0916. The Labute approximate surface area is 131 Å². The molecule has 0 saturated carbocycles. The van der Waals surface area contributed by atoms with Crippen molar-refractivity contribution < 1.29 is 14.3 Å². The van der Waals surface area contributed by atoms with Crippen LogP contribution in [0.25, 0.3) is 11.2 Å². The average Bonchev–Trinajstić information content (AvgIpc) is 2.93. The SMILES string of the molecule is Cn1cnc2cc(C(=O)NCC(O)c3ccc(F)cc3)cnc21. The maximum atomic E-state index is 12.8. The number of fused-ring (bicyclic) bond motifs is 1. The molecule has 2 heterocycles. The number of nitrogens with zero attached hydrogens (tertiary/aromatic N) is 3. The summed E-state index contributed by atoms with van der Waals surface area (Å²) in [6.07, 6.45) is 2.17. The number of nitrogens with one attached hydrogen (secondary N) is 1. The van der Waals surface area contributed by atoms with Gasteiger partial charge in [-0.05, 0) is 23.8 Å². The largest absolute Gasteiger partial charge is 0.387 e. The molecule has 23 heavy (non-hydrogen) atoms. The van der Waals surface area contributed by atoms with Crippen molar-refractivity contribution in [3.05, 3.63) is 59.8 Å². The topological polar surface area (TPSA) is 80.0 Å². The quantitative estimate of drug-likeness (QED) is 0.766. The van der Waals surface area contributed by atoms with Gasteiger partial charge in [0.2, 0.25) is 0 Å². The fraction of sp³-hybridized carbons (Fsp3) is 0.188. The number of carbonyl (C=O) groups excluding carboxylic acids is 1. The molecule has 3 aromatic rings. The Bertz CT molecular complexity index is 845. The number of aliphatic hydroxyl groups is 1. The molecule has 0 spiro atoms. The van der Waals surface area contributed by atoms with E-state index in [-0.39, 0.29) is 18.3 Å². The van der Waals surface area contributed by atoms with Crippen LogP contribution in [-0.2, 0) is 7.05 Å². The normalized spacial score (nSPS) is 12.3. The lowest BCUT2D eigenvalue weighted by atomic mass is 10.1. The molecule has 0 radical (unpaired) electrons. The predicted octanol–water partition coefficient (Wildman–Crippen LogP) is 1.57. The third-order valence-corrected chi connectivity index (χ3v) is 3.52. The summed E-state index contributed by atoms with van der Waals surface area (Å²) in [6.45, 7) is 0.0186. The minimum Gasteiger partial charge on any atom is -0.387 e. The van der Waals surface area contributed by atoms with Gasteiger partial charge in [-0.25, -0.2) is 14.4 Å². The summed E-state index contributed by atoms with van der Waals surface area (Å²) >= 11 is 0. The number of halogens is 1. The van der Waals surface area contributed by atoms with Crippen LogP contribution < -0.4 is 5.32 Å². The number of hydrogen-bond acceptors (Lipinski definition) is 4. The zero-order valence-corrected chi connectivity index (χ0v) is 12.4. The van der Waals surface area contributed by atoms with E-state index < -0.39 is 6.10 Å². The first-order chi connectivity index (χ1) is 11.0. The smallest absolute Gasteiger partial charge is 0.253 e. The van der Waals surface area contributed by atoms with Crippen LogP contribution in [0.1, 0.15) is 22.0 Å². The Morgan fingerprint density at radius 3 is 2.83 bits per heavy atom. The number of imidazole rings is 1. The number of aryl methyl sites for hydroxylation is 1. The molecule has 0 aliphatic carbocycles. The summed E-state index contributed by atoms with van der Waals surface area (Å²) in [6, 6.07) is 7.13. The van der Waals surface area contributed by atoms with Gasteiger partial charge in [-0.1, -0.05) is 12.1 Å². The molecule has 1 amide bonds. The van der Waals surface area contributed by atoms with Gasteiger partial charge in [-0.15, -0.1) is 0 Å². The fourth-order valence-electron chi connectivity index (χ4n) is 2.23. The first-order valence-electron chi connectivity index (χ1n) is 7.03. The maximum absolute atomic E-state index is 12.8. The van der Waals surface area contributed by atoms with Crippen LogP contribution in [0.2, 0.25) is 0 Å². The van der Waals surface area contributed by atoms with Crippen molar-refractivity contribution in [1.29, 1.82) is 0 Å². The van der Waals surface area contributed by atoms with Crippen molar-refractivity contribution in [2.75, 3.05) is 6.54 Å². The van der Waals surface area contributed by atoms with Crippen LogP contribution in [-0.4, -0.2) is 32.1 Å². The van der Waals surface area contributed by atoms with Crippen LogP contribution in [0, 0.1) is 5.82 Å². The Hall–Kier alpha value is -2.80. The van der Waals surface area contributed by atoms with Crippen LogP contribution in [0.15, 0.2) is 42.9 Å². The van der Waals surface area contributed by atoms with E-state index in [4.69, 9.17) is 0 Å². The molecular formula is C16H15FN4O2. The number of hydrogen-bond donors (Lipinski definition) is 2. The highest BCUT2D eigenvalue weighted by molar-refractivity contribution is 5.96. The Balaban J connectivity index is 1.67. The number of carbonyl (C=O) groups is 1. The molecule has 0 saturated heterocycles. The van der Waals surface area contributed by atoms with Crippen LogP contribution in [0.5, 0.6) is 0 Å². The minimum atomic E-state index is -0.911. The van der Waals surface area contributed by atoms with Crippen molar-refractivity contribution in [2.24, 2.45) is 7.05 Å². The summed E-state index contributed by atoms with van der Waals surface area (Å²) in [7, 11) is 1.82. The number of pyridine rings is 1. The Morgan fingerprint density at radius 1 is 1.35 bits per heavy atom. The van der Waals surface area contributed by atoms with Gasteiger partial charge in [-0.3, -0.25) is 4.79 Å². The van der Waals surface area contributed by atoms with E-state index in [1.807, 2.05) is 7.05 Å². The van der Waals surface area contributed by atoms with Gasteiger partial charge in [0, 0.05) is 19.8 Å². The number of rotatable bonds is 4. The third-order valence-electron chi connectivity index (χ3n) is 3.52. The predicted molar refractivity (Wildman–Crippen MR) is 82.2 cm³/mol. The van der Waals surface area contributed by atoms with Crippen molar-refractivity contribution in [1.82, 2.24) is 19.9 Å². The molecule has 0 aliphatic heterocycles. The van der Waals surface area contributed by atoms with Crippen LogP contribution in [0.4, 0.5) is 4.39 Å². The van der Waals surface area contributed by atoms with Crippen molar-refractivity contribution in [3.63, 3.8) is 0 Å². The molecule has 2 aromatic heterocycles. The van der Waals surface area contributed by atoms with E-state index in [9.17, 15) is 14.3 Å². The second kappa shape index (κ2) is 6.13. The lowest BCUT2D eigenvalue weighted by Gasteiger charge is -2.12. The lowest BCUT2D eigenvalue weighted by Crippen LogP contribution is -2.28. The number of amides is 1. The van der Waals surface area contributed by atoms with Gasteiger partial charge in [0.1, 0.15) is 11.3 Å². The zero-order chi connectivity index (χ0) is 16.4. The van der Waals surface area contributed by atoms with E-state index in [0.717, 1.165) is 0 Å². The standard InChI is InChI=1S/C16H15FN4O2/c1-21-9-20-13-6-11(7-18-15(13)21)16(23)19-8-14(22)10-2-4-12(17)5-3-10/h2-7,9,14,22H,8H2,1H3,(H,19,23). The van der Waals surface area contributed by atoms with E-state index in [0.29, 0.717) is 22.3 Å². The molecule has 118 valence electrons. The Kier molecular flexibility index (Phi) is 4.03. The van der Waals surface area contributed by atoms with Gasteiger partial charge in [-0.2, -0.15) is 0 Å². The summed E-state index contributed by atoms with van der Waals surface area (Å²) in [4.78, 5) is 20.5. The second-order valence-electron chi connectivity index (χ2n) is 5.20. The Morgan fingerprint density at radius 2 is 2.09 bits per heavy atom. The molecule has 1 atom stereocenters. The minimum absolute atomic E-state index is 0.0186. The van der Waals surface area contributed by atoms with Gasteiger partial charge in [0.15, 0.2) is 5.65 Å². The molecule has 3 rings (SSSR count). The maximum Gasteiger partial charge on any atom is 0.253 e. The summed E-state index contributed by atoms with van der Waals surface area (Å²) in [5, 5.41) is 12.6. The highest BCUT2D eigenvalue weighted by Gasteiger charge is 2.13. The van der Waals surface area contributed by atoms with E-state index in [1.54, 1.807) is 17.0 Å². The van der Waals surface area contributed by atoms with Crippen molar-refractivity contribution in [3.8, 4) is 0 Å². The molecule has 1 aromatic carbocycles. The van der Waals surface area contributed by atoms with E-state index >= 15 is 0 Å². The van der Waals surface area contributed by atoms with Crippen molar-refractivity contribution >= 4 is 17.1 Å². The number of aromatic nitrogens is 3. The summed E-state index contributed by atoms with van der Waals surface area (Å²) in [5.74, 6) is -0.731. The average molecular weight is 314 g/mol. The summed E-state index contributed by atoms with van der Waals surface area (Å²) < 4.78 is 14.6. The molecule has 0 bridgehead atoms. The molecule has 6 nitrogen and oxygen atoms in total. The van der Waals surface area contributed by atoms with E-state index in [2.05, 4.69) is 15.3 Å². The monoisotopic (exact) mass is 314 g/mol. The highest BCUT2D eigenvalue weighted by atomic mass is 19.1. The molecule has 2 N–H and O–H groups in total. The van der Waals surface area contributed by atoms with Crippen LogP contribution >= 0.6 is 0 Å². The van der Waals surface area contributed by atoms with Gasteiger partial charge >= 0.3 is 0 Å². The molecule has 7 heteroatoms. The van der Waals surface area contributed by atoms with Crippen molar-refractivity contribution in [2.45, 2.75) is 6.10 Å². The van der Waals surface area contributed by atoms with Gasteiger partial charge in [0.25, 0.3) is 5.91 Å². The van der Waals surface area contributed by atoms with Crippen LogP contribution in [0.3, 0.4) is 0 Å². The van der Waals surface area contributed by atoms with Gasteiger partial charge < -0.3 is 15.0 Å². The molecule has 0 aliphatic rings. The third kappa shape index (κ3) is 3.19. The van der Waals surface area contributed by atoms with Gasteiger partial charge in [0.05, 0.1) is 18.0 Å². The first kappa shape index (κ1) is 15.1. The molecule has 1 unspecified atom stereocenters. The first-order valence-corrected chi connectivity index (χ1v) is 7.03. The molecule has 0 fully saturated rings. The fourth-order valence-corrected chi connectivity index (χ4v) is 2.23. The zero-order valence-electron chi connectivity index (χ0n) is 12.4. The second-order valence-corrected chi connectivity index (χ2v) is 5.20. The summed E-state index contributed by atoms with van der Waals surface area (Å²) in [5.41, 5.74) is 2.21. The highest BCUT2D eigenvalue weighted by Crippen LogP contribution is 2.13. The number of benzene rings is 1.